The van der Waals surface area contributed by atoms with Gasteiger partial charge in [-0.1, -0.05) is 13.0 Å². The van der Waals surface area contributed by atoms with Crippen molar-refractivity contribution in [3.8, 4) is 0 Å². The second-order valence-corrected chi connectivity index (χ2v) is 4.84. The third kappa shape index (κ3) is 2.99. The van der Waals surface area contributed by atoms with E-state index in [-0.39, 0.29) is 17.8 Å². The van der Waals surface area contributed by atoms with E-state index < -0.39 is 0 Å². The van der Waals surface area contributed by atoms with Gasteiger partial charge in [0.15, 0.2) is 0 Å². The molecule has 0 radical (unpaired) electrons. The van der Waals surface area contributed by atoms with E-state index in [2.05, 4.69) is 17.2 Å². The average Bonchev–Trinajstić information content (AvgIpc) is 2.42. The molecule has 0 aliphatic rings. The number of hydrogen-bond acceptors (Lipinski definition) is 2. The van der Waals surface area contributed by atoms with Gasteiger partial charge in [0.2, 0.25) is 0 Å². The standard InChI is InChI=1S/C16H19FN2/c1-11-10-14(17)4-5-15(11)16(18-3)12(2)13-6-8-19-9-7-13/h4-10,12,16,18H,1-3H3. The van der Waals surface area contributed by atoms with Crippen LogP contribution in [0.2, 0.25) is 0 Å². The van der Waals surface area contributed by atoms with Gasteiger partial charge in [0, 0.05) is 24.4 Å². The number of hydrogen-bond donors (Lipinski definition) is 1. The van der Waals surface area contributed by atoms with Crippen LogP contribution in [-0.4, -0.2) is 12.0 Å². The molecule has 2 unspecified atom stereocenters. The Morgan fingerprint density at radius 2 is 1.84 bits per heavy atom. The Morgan fingerprint density at radius 1 is 1.16 bits per heavy atom. The molecule has 2 atom stereocenters. The van der Waals surface area contributed by atoms with Crippen molar-refractivity contribution in [2.75, 3.05) is 7.05 Å². The maximum Gasteiger partial charge on any atom is 0.123 e. The Hall–Kier alpha value is -1.74. The number of nitrogens with one attached hydrogen (secondary N) is 1. The number of halogens is 1. The minimum absolute atomic E-state index is 0.156. The van der Waals surface area contributed by atoms with Crippen LogP contribution in [-0.2, 0) is 0 Å². The highest BCUT2D eigenvalue weighted by molar-refractivity contribution is 5.33. The van der Waals surface area contributed by atoms with Gasteiger partial charge in [0.1, 0.15) is 5.82 Å². The molecule has 1 aromatic carbocycles. The van der Waals surface area contributed by atoms with Crippen LogP contribution in [0.1, 0.15) is 35.6 Å². The molecule has 1 N–H and O–H groups in total. The number of benzene rings is 1. The first-order chi connectivity index (χ1) is 9.13. The molecule has 2 aromatic rings. The Morgan fingerprint density at radius 3 is 2.42 bits per heavy atom. The molecule has 0 amide bonds. The van der Waals surface area contributed by atoms with Gasteiger partial charge in [-0.25, -0.2) is 4.39 Å². The van der Waals surface area contributed by atoms with Crippen LogP contribution >= 0.6 is 0 Å². The van der Waals surface area contributed by atoms with Crippen molar-refractivity contribution < 1.29 is 4.39 Å². The molecule has 3 heteroatoms. The molecule has 0 fully saturated rings. The number of pyridine rings is 1. The Kier molecular flexibility index (Phi) is 4.27. The van der Waals surface area contributed by atoms with E-state index in [9.17, 15) is 4.39 Å². The summed E-state index contributed by atoms with van der Waals surface area (Å²) in [6, 6.07) is 9.17. The summed E-state index contributed by atoms with van der Waals surface area (Å²) < 4.78 is 13.2. The fourth-order valence-corrected chi connectivity index (χ4v) is 2.52. The summed E-state index contributed by atoms with van der Waals surface area (Å²) in [6.07, 6.45) is 3.60. The van der Waals surface area contributed by atoms with Crippen LogP contribution in [0.15, 0.2) is 42.7 Å². The highest BCUT2D eigenvalue weighted by Crippen LogP contribution is 2.31. The zero-order chi connectivity index (χ0) is 13.8. The van der Waals surface area contributed by atoms with Gasteiger partial charge in [0.25, 0.3) is 0 Å². The molecule has 19 heavy (non-hydrogen) atoms. The topological polar surface area (TPSA) is 24.9 Å². The molecule has 1 aromatic heterocycles. The maximum absolute atomic E-state index is 13.2. The van der Waals surface area contributed by atoms with Gasteiger partial charge in [-0.3, -0.25) is 4.98 Å². The summed E-state index contributed by atoms with van der Waals surface area (Å²) in [4.78, 5) is 4.04. The molecule has 0 bridgehead atoms. The normalized spacial score (nSPS) is 14.1. The van der Waals surface area contributed by atoms with Crippen molar-refractivity contribution >= 4 is 0 Å². The van der Waals surface area contributed by atoms with E-state index in [1.807, 2.05) is 32.2 Å². The van der Waals surface area contributed by atoms with E-state index in [4.69, 9.17) is 0 Å². The van der Waals surface area contributed by atoms with Crippen LogP contribution in [0.3, 0.4) is 0 Å². The number of likely N-dealkylation sites (N-methyl/N-ethyl adjacent to an activating group) is 1. The molecule has 2 nitrogen and oxygen atoms in total. The predicted octanol–water partition coefficient (Wildman–Crippen LogP) is 3.59. The lowest BCUT2D eigenvalue weighted by atomic mass is 9.87. The van der Waals surface area contributed by atoms with Gasteiger partial charge in [-0.2, -0.15) is 0 Å². The van der Waals surface area contributed by atoms with Crippen molar-refractivity contribution in [3.05, 3.63) is 65.2 Å². The predicted molar refractivity (Wildman–Crippen MR) is 75.6 cm³/mol. The third-order valence-electron chi connectivity index (χ3n) is 3.61. The zero-order valence-electron chi connectivity index (χ0n) is 11.5. The second kappa shape index (κ2) is 5.93. The van der Waals surface area contributed by atoms with Crippen LogP contribution in [0, 0.1) is 12.7 Å². The van der Waals surface area contributed by atoms with Crippen LogP contribution in [0.25, 0.3) is 0 Å². The lowest BCUT2D eigenvalue weighted by molar-refractivity contribution is 0.503. The summed E-state index contributed by atoms with van der Waals surface area (Å²) >= 11 is 0. The van der Waals surface area contributed by atoms with Crippen molar-refractivity contribution in [2.45, 2.75) is 25.8 Å². The fraction of sp³-hybridized carbons (Fsp3) is 0.312. The molecule has 2 rings (SSSR count). The minimum Gasteiger partial charge on any atom is -0.312 e. The zero-order valence-corrected chi connectivity index (χ0v) is 11.5. The van der Waals surface area contributed by atoms with E-state index >= 15 is 0 Å². The van der Waals surface area contributed by atoms with Gasteiger partial charge >= 0.3 is 0 Å². The highest BCUT2D eigenvalue weighted by Gasteiger charge is 2.20. The lowest BCUT2D eigenvalue weighted by Crippen LogP contribution is -2.23. The van der Waals surface area contributed by atoms with Gasteiger partial charge in [-0.15, -0.1) is 0 Å². The molecule has 0 aliphatic heterocycles. The number of aryl methyl sites for hydroxylation is 1. The average molecular weight is 258 g/mol. The van der Waals surface area contributed by atoms with Crippen LogP contribution < -0.4 is 5.32 Å². The smallest absolute Gasteiger partial charge is 0.123 e. The SMILES string of the molecule is CNC(c1ccc(F)cc1C)C(C)c1ccncc1. The summed E-state index contributed by atoms with van der Waals surface area (Å²) in [5.41, 5.74) is 3.33. The molecule has 0 aliphatic carbocycles. The van der Waals surface area contributed by atoms with Crippen LogP contribution in [0.5, 0.6) is 0 Å². The summed E-state index contributed by atoms with van der Waals surface area (Å²) in [7, 11) is 1.94. The van der Waals surface area contributed by atoms with Crippen molar-refractivity contribution in [2.24, 2.45) is 0 Å². The largest absolute Gasteiger partial charge is 0.312 e. The van der Waals surface area contributed by atoms with Crippen molar-refractivity contribution in [1.29, 1.82) is 0 Å². The first-order valence-corrected chi connectivity index (χ1v) is 6.46. The third-order valence-corrected chi connectivity index (χ3v) is 3.61. The van der Waals surface area contributed by atoms with Gasteiger partial charge < -0.3 is 5.32 Å². The molecular formula is C16H19FN2. The Labute approximate surface area is 113 Å². The Balaban J connectivity index is 2.34. The molecule has 100 valence electrons. The summed E-state index contributed by atoms with van der Waals surface area (Å²) in [5, 5.41) is 3.33. The summed E-state index contributed by atoms with van der Waals surface area (Å²) in [5.74, 6) is 0.102. The van der Waals surface area contributed by atoms with Crippen LogP contribution in [0.4, 0.5) is 4.39 Å². The molecule has 0 saturated heterocycles. The summed E-state index contributed by atoms with van der Waals surface area (Å²) in [6.45, 7) is 4.11. The minimum atomic E-state index is -0.187. The van der Waals surface area contributed by atoms with E-state index in [1.165, 1.54) is 11.6 Å². The van der Waals surface area contributed by atoms with E-state index in [0.717, 1.165) is 11.1 Å². The maximum atomic E-state index is 13.2. The number of rotatable bonds is 4. The molecular weight excluding hydrogens is 239 g/mol. The lowest BCUT2D eigenvalue weighted by Gasteiger charge is -2.26. The fourth-order valence-electron chi connectivity index (χ4n) is 2.52. The Bertz CT molecular complexity index is 540. The van der Waals surface area contributed by atoms with Gasteiger partial charge in [-0.05, 0) is 54.9 Å². The number of nitrogens with zero attached hydrogens (tertiary/aromatic N) is 1. The molecule has 0 saturated carbocycles. The van der Waals surface area contributed by atoms with E-state index in [0.29, 0.717) is 0 Å². The first kappa shape index (κ1) is 13.7. The second-order valence-electron chi connectivity index (χ2n) is 4.84. The number of aromatic nitrogens is 1. The first-order valence-electron chi connectivity index (χ1n) is 6.46. The van der Waals surface area contributed by atoms with E-state index in [1.54, 1.807) is 18.5 Å². The highest BCUT2D eigenvalue weighted by atomic mass is 19.1. The monoisotopic (exact) mass is 258 g/mol. The van der Waals surface area contributed by atoms with Crippen molar-refractivity contribution in [1.82, 2.24) is 10.3 Å². The quantitative estimate of drug-likeness (QED) is 0.906. The molecule has 1 heterocycles. The van der Waals surface area contributed by atoms with Crippen molar-refractivity contribution in [3.63, 3.8) is 0 Å². The van der Waals surface area contributed by atoms with Gasteiger partial charge in [0.05, 0.1) is 0 Å². The molecule has 0 spiro atoms.